The van der Waals surface area contributed by atoms with Crippen LogP contribution in [0.25, 0.3) is 0 Å². The van der Waals surface area contributed by atoms with E-state index in [0.29, 0.717) is 22.4 Å². The quantitative estimate of drug-likeness (QED) is 0.519. The predicted molar refractivity (Wildman–Crippen MR) is 86.5 cm³/mol. The molecule has 0 aromatic heterocycles. The summed E-state index contributed by atoms with van der Waals surface area (Å²) in [5.74, 6) is -0.504. The molecule has 1 N–H and O–H groups in total. The van der Waals surface area contributed by atoms with Gasteiger partial charge in [-0.25, -0.2) is 0 Å². The molecule has 2 aromatic carbocycles. The molecule has 24 heavy (non-hydrogen) atoms. The summed E-state index contributed by atoms with van der Waals surface area (Å²) in [5, 5.41) is 0.877. The van der Waals surface area contributed by atoms with Gasteiger partial charge in [-0.3, -0.25) is 19.8 Å². The third kappa shape index (κ3) is 2.77. The van der Waals surface area contributed by atoms with E-state index >= 15 is 0 Å². The van der Waals surface area contributed by atoms with E-state index in [0.717, 1.165) is 5.01 Å². The lowest BCUT2D eigenvalue weighted by atomic mass is 10.1. The molecular weight excluding hydrogens is 308 g/mol. The molecule has 6 heteroatoms. The summed E-state index contributed by atoms with van der Waals surface area (Å²) in [5.41, 5.74) is 3.70. The van der Waals surface area contributed by atoms with Gasteiger partial charge in [0, 0.05) is 17.8 Å². The number of ether oxygens (including phenoxy) is 1. The highest BCUT2D eigenvalue weighted by molar-refractivity contribution is 6.21. The summed E-state index contributed by atoms with van der Waals surface area (Å²) in [4.78, 5) is 36.3. The molecule has 0 radical (unpaired) electrons. The van der Waals surface area contributed by atoms with Crippen molar-refractivity contribution < 1.29 is 19.1 Å². The van der Waals surface area contributed by atoms with Crippen LogP contribution < -0.4 is 10.2 Å². The van der Waals surface area contributed by atoms with E-state index in [1.807, 2.05) is 0 Å². The number of benzene rings is 2. The standard InChI is InChI=1S/C18H14N2O4/c1-24-13-8-6-12(7-9-13)16(21)10-11-19-20-17(22)14-4-2-3-5-15(14)18(20)23/h2-11,19H,1H3/b11-10+. The van der Waals surface area contributed by atoms with E-state index in [4.69, 9.17) is 4.74 Å². The van der Waals surface area contributed by atoms with Crippen LogP contribution in [0.4, 0.5) is 0 Å². The van der Waals surface area contributed by atoms with Gasteiger partial charge in [-0.1, -0.05) is 12.1 Å². The Labute approximate surface area is 138 Å². The van der Waals surface area contributed by atoms with Crippen molar-refractivity contribution in [1.29, 1.82) is 0 Å². The smallest absolute Gasteiger partial charge is 0.280 e. The van der Waals surface area contributed by atoms with Crippen LogP contribution >= 0.6 is 0 Å². The van der Waals surface area contributed by atoms with Crippen LogP contribution in [-0.4, -0.2) is 29.7 Å². The number of ketones is 1. The summed E-state index contributed by atoms with van der Waals surface area (Å²) in [6.07, 6.45) is 2.53. The molecule has 1 aliphatic heterocycles. The molecule has 0 bridgehead atoms. The monoisotopic (exact) mass is 322 g/mol. The lowest BCUT2D eigenvalue weighted by Crippen LogP contribution is -2.39. The maximum absolute atomic E-state index is 12.1. The molecule has 0 atom stereocenters. The second kappa shape index (κ2) is 6.37. The molecule has 3 rings (SSSR count). The molecule has 2 amide bonds. The fraction of sp³-hybridized carbons (Fsp3) is 0.0556. The van der Waals surface area contributed by atoms with Crippen LogP contribution in [0.1, 0.15) is 31.1 Å². The van der Waals surface area contributed by atoms with Crippen molar-refractivity contribution in [3.8, 4) is 5.75 Å². The number of nitrogens with zero attached hydrogens (tertiary/aromatic N) is 1. The lowest BCUT2D eigenvalue weighted by Gasteiger charge is -2.12. The van der Waals surface area contributed by atoms with Crippen LogP contribution in [0.5, 0.6) is 5.75 Å². The number of nitrogens with one attached hydrogen (secondary N) is 1. The Morgan fingerprint density at radius 3 is 2.12 bits per heavy atom. The number of imide groups is 1. The van der Waals surface area contributed by atoms with E-state index < -0.39 is 11.8 Å². The minimum Gasteiger partial charge on any atom is -0.497 e. The van der Waals surface area contributed by atoms with Gasteiger partial charge < -0.3 is 4.74 Å². The van der Waals surface area contributed by atoms with Gasteiger partial charge in [0.1, 0.15) is 5.75 Å². The van der Waals surface area contributed by atoms with Crippen LogP contribution in [-0.2, 0) is 0 Å². The van der Waals surface area contributed by atoms with Gasteiger partial charge in [0.05, 0.1) is 18.2 Å². The predicted octanol–water partition coefficient (Wildman–Crippen LogP) is 2.19. The minimum atomic E-state index is -0.447. The van der Waals surface area contributed by atoms with Crippen LogP contribution in [0.2, 0.25) is 0 Å². The summed E-state index contributed by atoms with van der Waals surface area (Å²) < 4.78 is 5.03. The highest BCUT2D eigenvalue weighted by Gasteiger charge is 2.34. The summed E-state index contributed by atoms with van der Waals surface area (Å²) >= 11 is 0. The molecule has 0 spiro atoms. The molecule has 0 saturated carbocycles. The average molecular weight is 322 g/mol. The Hall–Kier alpha value is -3.41. The normalized spacial score (nSPS) is 13.3. The largest absolute Gasteiger partial charge is 0.497 e. The van der Waals surface area contributed by atoms with E-state index in [1.165, 1.54) is 12.3 Å². The molecule has 0 unspecified atom stereocenters. The molecule has 0 saturated heterocycles. The van der Waals surface area contributed by atoms with Crippen molar-refractivity contribution in [3.63, 3.8) is 0 Å². The van der Waals surface area contributed by atoms with Crippen molar-refractivity contribution in [2.45, 2.75) is 0 Å². The van der Waals surface area contributed by atoms with E-state index in [2.05, 4.69) is 5.43 Å². The molecule has 1 aliphatic rings. The Balaban J connectivity index is 1.67. The fourth-order valence-electron chi connectivity index (χ4n) is 2.35. The van der Waals surface area contributed by atoms with Gasteiger partial charge in [-0.05, 0) is 36.4 Å². The number of rotatable bonds is 5. The number of amides is 2. The molecule has 6 nitrogen and oxygen atoms in total. The molecule has 0 aliphatic carbocycles. The van der Waals surface area contributed by atoms with Gasteiger partial charge in [0.15, 0.2) is 5.78 Å². The number of allylic oxidation sites excluding steroid dienone is 1. The zero-order valence-corrected chi connectivity index (χ0v) is 12.9. The summed E-state index contributed by atoms with van der Waals surface area (Å²) in [7, 11) is 1.54. The number of hydrazine groups is 1. The SMILES string of the molecule is COc1ccc(C(=O)/C=C/NN2C(=O)c3ccccc3C2=O)cc1. The molecular formula is C18H14N2O4. The van der Waals surface area contributed by atoms with E-state index in [-0.39, 0.29) is 5.78 Å². The van der Waals surface area contributed by atoms with Crippen LogP contribution in [0.15, 0.2) is 60.8 Å². The van der Waals surface area contributed by atoms with Crippen LogP contribution in [0, 0.1) is 0 Å². The molecule has 120 valence electrons. The lowest BCUT2D eigenvalue weighted by molar-refractivity contribution is 0.0598. The number of hydrogen-bond donors (Lipinski definition) is 1. The number of carbonyl (C=O) groups is 3. The number of hydrogen-bond acceptors (Lipinski definition) is 5. The second-order valence-corrected chi connectivity index (χ2v) is 5.05. The van der Waals surface area contributed by atoms with Crippen molar-refractivity contribution in [3.05, 3.63) is 77.5 Å². The highest BCUT2D eigenvalue weighted by atomic mass is 16.5. The number of fused-ring (bicyclic) bond motifs is 1. The van der Waals surface area contributed by atoms with Crippen molar-refractivity contribution in [2.24, 2.45) is 0 Å². The molecule has 1 heterocycles. The maximum Gasteiger partial charge on any atom is 0.280 e. The Morgan fingerprint density at radius 1 is 1.00 bits per heavy atom. The number of methoxy groups -OCH3 is 1. The maximum atomic E-state index is 12.1. The summed E-state index contributed by atoms with van der Waals surface area (Å²) in [6.45, 7) is 0. The zero-order valence-electron chi connectivity index (χ0n) is 12.9. The first-order chi connectivity index (χ1) is 11.6. The topological polar surface area (TPSA) is 75.7 Å². The minimum absolute atomic E-state index is 0.262. The Bertz CT molecular complexity index is 805. The summed E-state index contributed by atoms with van der Waals surface area (Å²) in [6, 6.07) is 13.2. The van der Waals surface area contributed by atoms with E-state index in [1.54, 1.807) is 55.6 Å². The second-order valence-electron chi connectivity index (χ2n) is 5.05. The first-order valence-electron chi connectivity index (χ1n) is 7.20. The average Bonchev–Trinajstić information content (AvgIpc) is 2.87. The molecule has 0 fully saturated rings. The Kier molecular flexibility index (Phi) is 4.11. The van der Waals surface area contributed by atoms with Crippen LogP contribution in [0.3, 0.4) is 0 Å². The first kappa shape index (κ1) is 15.5. The first-order valence-corrected chi connectivity index (χ1v) is 7.20. The Morgan fingerprint density at radius 2 is 1.58 bits per heavy atom. The number of carbonyl (C=O) groups excluding carboxylic acids is 3. The third-order valence-corrected chi connectivity index (χ3v) is 3.61. The third-order valence-electron chi connectivity index (χ3n) is 3.61. The van der Waals surface area contributed by atoms with Gasteiger partial charge in [0.25, 0.3) is 11.8 Å². The molecule has 2 aromatic rings. The van der Waals surface area contributed by atoms with Crippen molar-refractivity contribution >= 4 is 17.6 Å². The van der Waals surface area contributed by atoms with Gasteiger partial charge >= 0.3 is 0 Å². The van der Waals surface area contributed by atoms with Crippen molar-refractivity contribution in [1.82, 2.24) is 10.4 Å². The van der Waals surface area contributed by atoms with Crippen molar-refractivity contribution in [2.75, 3.05) is 7.11 Å². The van der Waals surface area contributed by atoms with Gasteiger partial charge in [-0.2, -0.15) is 5.01 Å². The van der Waals surface area contributed by atoms with Gasteiger partial charge in [-0.15, -0.1) is 0 Å². The highest BCUT2D eigenvalue weighted by Crippen LogP contribution is 2.20. The fourth-order valence-corrected chi connectivity index (χ4v) is 2.35. The van der Waals surface area contributed by atoms with E-state index in [9.17, 15) is 14.4 Å². The zero-order chi connectivity index (χ0) is 17.1. The van der Waals surface area contributed by atoms with Gasteiger partial charge in [0.2, 0.25) is 0 Å².